The fourth-order valence-electron chi connectivity index (χ4n) is 3.61. The molecule has 0 radical (unpaired) electrons. The third kappa shape index (κ3) is 5.11. The van der Waals surface area contributed by atoms with Crippen LogP contribution in [0.25, 0.3) is 10.2 Å². The minimum Gasteiger partial charge on any atom is -0.471 e. The van der Waals surface area contributed by atoms with Crippen molar-refractivity contribution in [1.82, 2.24) is 14.8 Å². The molecule has 0 aliphatic carbocycles. The van der Waals surface area contributed by atoms with Gasteiger partial charge in [0.05, 0.1) is 5.69 Å². The summed E-state index contributed by atoms with van der Waals surface area (Å²) in [5, 5.41) is 6.95. The number of pyridine rings is 1. The number of aryl methyl sites for hydroxylation is 3. The van der Waals surface area contributed by atoms with Crippen LogP contribution in [0.1, 0.15) is 42.5 Å². The molecule has 3 aromatic heterocycles. The molecule has 182 valence electrons. The van der Waals surface area contributed by atoms with Gasteiger partial charge in [0.15, 0.2) is 12.4 Å². The number of benzene rings is 1. The Morgan fingerprint density at radius 3 is 2.46 bits per heavy atom. The van der Waals surface area contributed by atoms with Crippen molar-refractivity contribution in [1.29, 1.82) is 0 Å². The van der Waals surface area contributed by atoms with Gasteiger partial charge >= 0.3 is 6.18 Å². The van der Waals surface area contributed by atoms with Crippen LogP contribution in [-0.4, -0.2) is 26.6 Å². The highest BCUT2D eigenvalue weighted by molar-refractivity contribution is 7.21. The Bertz CT molecular complexity index is 1440. The zero-order chi connectivity index (χ0) is 25.5. The van der Waals surface area contributed by atoms with E-state index >= 15 is 0 Å². The molecule has 3 heterocycles. The lowest BCUT2D eigenvalue weighted by Gasteiger charge is -2.09. The first-order valence-electron chi connectivity index (χ1n) is 10.3. The first-order valence-corrected chi connectivity index (χ1v) is 11.1. The third-order valence-corrected chi connectivity index (χ3v) is 6.14. The summed E-state index contributed by atoms with van der Waals surface area (Å²) in [7, 11) is 0. The van der Waals surface area contributed by atoms with Crippen LogP contribution >= 0.6 is 11.3 Å². The van der Waals surface area contributed by atoms with Crippen molar-refractivity contribution in [2.24, 2.45) is 5.73 Å². The minimum absolute atomic E-state index is 0.00209. The Morgan fingerprint density at radius 1 is 1.14 bits per heavy atom. The monoisotopic (exact) mass is 503 g/mol. The first kappa shape index (κ1) is 24.2. The number of halogens is 3. The fraction of sp³-hybridized carbons (Fsp3) is 0.217. The zero-order valence-corrected chi connectivity index (χ0v) is 19.7. The lowest BCUT2D eigenvalue weighted by Crippen LogP contribution is -2.18. The second-order valence-corrected chi connectivity index (χ2v) is 8.96. The molecular weight excluding hydrogens is 483 g/mol. The number of nitrogens with one attached hydrogen (secondary N) is 1. The van der Waals surface area contributed by atoms with Gasteiger partial charge in [0.1, 0.15) is 21.2 Å². The van der Waals surface area contributed by atoms with Gasteiger partial charge in [-0.25, -0.2) is 9.67 Å². The van der Waals surface area contributed by atoms with Crippen LogP contribution in [-0.2, 0) is 12.9 Å². The molecule has 35 heavy (non-hydrogen) atoms. The number of aromatic nitrogens is 3. The molecular formula is C23H20F3N5O3S. The zero-order valence-electron chi connectivity index (χ0n) is 18.9. The highest BCUT2D eigenvalue weighted by Crippen LogP contribution is 2.39. The lowest BCUT2D eigenvalue weighted by atomic mass is 10.1. The fourth-order valence-corrected chi connectivity index (χ4v) is 4.67. The molecule has 0 saturated heterocycles. The Balaban J connectivity index is 1.58. The van der Waals surface area contributed by atoms with E-state index in [1.165, 1.54) is 17.7 Å². The van der Waals surface area contributed by atoms with Gasteiger partial charge in [-0.1, -0.05) is 6.07 Å². The number of amides is 2. The summed E-state index contributed by atoms with van der Waals surface area (Å²) in [4.78, 5) is 28.3. The molecule has 0 bridgehead atoms. The number of alkyl halides is 3. The standard InChI is InChI=1S/C23H20F3N5O3S/c1-11-6-12(2)8-14(7-11)34-10-31-5-4-15(30-31)21(33)29-18-17-13(3)9-16(23(24,25)26)28-22(17)35-19(18)20(27)32/h4-9H,10H2,1-3H3,(H2,27,32)(H,29,33). The summed E-state index contributed by atoms with van der Waals surface area (Å²) in [5.41, 5.74) is 6.61. The molecule has 4 aromatic rings. The van der Waals surface area contributed by atoms with Crippen molar-refractivity contribution in [3.63, 3.8) is 0 Å². The lowest BCUT2D eigenvalue weighted by molar-refractivity contribution is -0.141. The molecule has 0 unspecified atom stereocenters. The largest absolute Gasteiger partial charge is 0.471 e. The molecule has 8 nitrogen and oxygen atoms in total. The van der Waals surface area contributed by atoms with E-state index < -0.39 is 23.7 Å². The molecule has 0 saturated carbocycles. The molecule has 4 rings (SSSR count). The highest BCUT2D eigenvalue weighted by atomic mass is 32.1. The SMILES string of the molecule is Cc1cc(C)cc(OCn2ccc(C(=O)Nc3c(C(N)=O)sc4nc(C(F)(F)F)cc(C)c34)n2)c1. The maximum absolute atomic E-state index is 13.2. The van der Waals surface area contributed by atoms with Crippen molar-refractivity contribution >= 4 is 39.1 Å². The predicted molar refractivity (Wildman–Crippen MR) is 125 cm³/mol. The summed E-state index contributed by atoms with van der Waals surface area (Å²) >= 11 is 0.681. The molecule has 0 spiro atoms. The number of nitrogens with two attached hydrogens (primary N) is 1. The summed E-state index contributed by atoms with van der Waals surface area (Å²) in [6.45, 7) is 5.39. The Kier molecular flexibility index (Phi) is 6.24. The highest BCUT2D eigenvalue weighted by Gasteiger charge is 2.34. The summed E-state index contributed by atoms with van der Waals surface area (Å²) < 4.78 is 46.6. The molecule has 0 aliphatic rings. The number of nitrogens with zero attached hydrogens (tertiary/aromatic N) is 3. The first-order chi connectivity index (χ1) is 16.4. The number of carbonyl (C=O) groups excluding carboxylic acids is 2. The number of hydrogen-bond donors (Lipinski definition) is 2. The van der Waals surface area contributed by atoms with Crippen molar-refractivity contribution in [2.75, 3.05) is 5.32 Å². The van der Waals surface area contributed by atoms with Gasteiger partial charge in [-0.05, 0) is 61.7 Å². The van der Waals surface area contributed by atoms with Crippen molar-refractivity contribution in [3.05, 3.63) is 69.5 Å². The number of anilines is 1. The van der Waals surface area contributed by atoms with Gasteiger partial charge < -0.3 is 15.8 Å². The summed E-state index contributed by atoms with van der Waals surface area (Å²) in [5.74, 6) is -0.915. The molecule has 0 fully saturated rings. The molecule has 1 aromatic carbocycles. The van der Waals surface area contributed by atoms with Gasteiger partial charge in [-0.2, -0.15) is 18.3 Å². The topological polar surface area (TPSA) is 112 Å². The van der Waals surface area contributed by atoms with Crippen LogP contribution in [0.3, 0.4) is 0 Å². The summed E-state index contributed by atoms with van der Waals surface area (Å²) in [6.07, 6.45) is -3.12. The van der Waals surface area contributed by atoms with Crippen LogP contribution in [0.5, 0.6) is 5.75 Å². The van der Waals surface area contributed by atoms with Crippen LogP contribution in [0.4, 0.5) is 18.9 Å². The van der Waals surface area contributed by atoms with Crippen molar-refractivity contribution in [3.8, 4) is 5.75 Å². The van der Waals surface area contributed by atoms with E-state index in [1.807, 2.05) is 32.0 Å². The number of hydrogen-bond acceptors (Lipinski definition) is 6. The van der Waals surface area contributed by atoms with E-state index in [9.17, 15) is 22.8 Å². The van der Waals surface area contributed by atoms with Crippen molar-refractivity contribution in [2.45, 2.75) is 33.7 Å². The van der Waals surface area contributed by atoms with Gasteiger partial charge in [0.25, 0.3) is 11.8 Å². The minimum atomic E-state index is -4.66. The average Bonchev–Trinajstić information content (AvgIpc) is 3.36. The van der Waals surface area contributed by atoms with E-state index in [4.69, 9.17) is 10.5 Å². The van der Waals surface area contributed by atoms with E-state index in [0.29, 0.717) is 17.1 Å². The van der Waals surface area contributed by atoms with Crippen LogP contribution in [0, 0.1) is 20.8 Å². The second kappa shape index (κ2) is 9.02. The normalized spacial score (nSPS) is 11.6. The number of primary amides is 1. The number of rotatable bonds is 6. The van der Waals surface area contributed by atoms with Crippen LogP contribution in [0.15, 0.2) is 36.5 Å². The van der Waals surface area contributed by atoms with E-state index in [1.54, 1.807) is 6.20 Å². The Morgan fingerprint density at radius 2 is 1.83 bits per heavy atom. The van der Waals surface area contributed by atoms with E-state index in [0.717, 1.165) is 17.2 Å². The summed E-state index contributed by atoms with van der Waals surface area (Å²) in [6, 6.07) is 8.06. The number of carbonyl (C=O) groups is 2. The second-order valence-electron chi connectivity index (χ2n) is 7.96. The van der Waals surface area contributed by atoms with E-state index in [-0.39, 0.29) is 38.8 Å². The maximum Gasteiger partial charge on any atom is 0.433 e. The average molecular weight is 504 g/mol. The van der Waals surface area contributed by atoms with Gasteiger partial charge in [-0.3, -0.25) is 9.59 Å². The van der Waals surface area contributed by atoms with Gasteiger partial charge in [0, 0.05) is 11.6 Å². The third-order valence-electron chi connectivity index (χ3n) is 5.04. The van der Waals surface area contributed by atoms with Crippen LogP contribution in [0.2, 0.25) is 0 Å². The van der Waals surface area contributed by atoms with Crippen LogP contribution < -0.4 is 15.8 Å². The molecule has 2 amide bonds. The van der Waals surface area contributed by atoms with E-state index in [2.05, 4.69) is 15.4 Å². The maximum atomic E-state index is 13.2. The predicted octanol–water partition coefficient (Wildman–Crippen LogP) is 4.82. The smallest absolute Gasteiger partial charge is 0.433 e. The Hall–Kier alpha value is -3.93. The molecule has 3 N–H and O–H groups in total. The van der Waals surface area contributed by atoms with Gasteiger partial charge in [-0.15, -0.1) is 11.3 Å². The van der Waals surface area contributed by atoms with Crippen molar-refractivity contribution < 1.29 is 27.5 Å². The molecule has 12 heteroatoms. The quantitative estimate of drug-likeness (QED) is 0.392. The van der Waals surface area contributed by atoms with Gasteiger partial charge in [0.2, 0.25) is 0 Å². The molecule has 0 aliphatic heterocycles. The number of thiophene rings is 1. The Labute approximate surface area is 201 Å². The number of ether oxygens (including phenoxy) is 1. The number of fused-ring (bicyclic) bond motifs is 1. The molecule has 0 atom stereocenters.